The number of aliphatic imine (C=N–C) groups is 1. The molecule has 0 aliphatic rings. The summed E-state index contributed by atoms with van der Waals surface area (Å²) >= 11 is 0. The van der Waals surface area contributed by atoms with Crippen molar-refractivity contribution in [3.05, 3.63) is 30.1 Å². The van der Waals surface area contributed by atoms with E-state index in [-0.39, 0.29) is 0 Å². The first-order valence-electron chi connectivity index (χ1n) is 4.28. The molecule has 0 unspecified atom stereocenters. The van der Waals surface area contributed by atoms with Crippen LogP contribution in [-0.4, -0.2) is 11.7 Å². The van der Waals surface area contributed by atoms with Gasteiger partial charge in [0.1, 0.15) is 0 Å². The van der Waals surface area contributed by atoms with E-state index in [9.17, 15) is 0 Å². The Balaban J connectivity index is 3.20. The van der Waals surface area contributed by atoms with Gasteiger partial charge in [-0.3, -0.25) is 9.98 Å². The fourth-order valence-electron chi connectivity index (χ4n) is 1.09. The van der Waals surface area contributed by atoms with Crippen LogP contribution < -0.4 is 0 Å². The summed E-state index contributed by atoms with van der Waals surface area (Å²) < 4.78 is 0. The number of rotatable bonds is 3. The first-order valence-corrected chi connectivity index (χ1v) is 4.28. The topological polar surface area (TPSA) is 25.2 Å². The summed E-state index contributed by atoms with van der Waals surface area (Å²) in [5.74, 6) is 0.428. The zero-order valence-electron chi connectivity index (χ0n) is 8.12. The van der Waals surface area contributed by atoms with Gasteiger partial charge in [-0.15, -0.1) is 0 Å². The lowest BCUT2D eigenvalue weighted by Crippen LogP contribution is -1.92. The molecule has 0 bridgehead atoms. The SMILES string of the molecule is C=Cc1cc(C(C)C)ncc1N=C. The minimum atomic E-state index is 0.428. The summed E-state index contributed by atoms with van der Waals surface area (Å²) in [6.45, 7) is 11.4. The lowest BCUT2D eigenvalue weighted by Gasteiger charge is -2.06. The average molecular weight is 174 g/mol. The van der Waals surface area contributed by atoms with E-state index in [1.54, 1.807) is 12.3 Å². The van der Waals surface area contributed by atoms with Gasteiger partial charge in [-0.05, 0) is 18.7 Å². The first-order chi connectivity index (χ1) is 6.19. The van der Waals surface area contributed by atoms with Crippen LogP contribution >= 0.6 is 0 Å². The molecule has 0 fully saturated rings. The molecule has 1 aromatic heterocycles. The molecule has 0 saturated heterocycles. The van der Waals surface area contributed by atoms with E-state index in [0.717, 1.165) is 16.9 Å². The van der Waals surface area contributed by atoms with Crippen LogP contribution in [0.1, 0.15) is 31.0 Å². The van der Waals surface area contributed by atoms with Gasteiger partial charge in [-0.25, -0.2) is 0 Å². The maximum Gasteiger partial charge on any atom is 0.0877 e. The number of aromatic nitrogens is 1. The first kappa shape index (κ1) is 9.65. The van der Waals surface area contributed by atoms with Crippen molar-refractivity contribution in [2.24, 2.45) is 4.99 Å². The predicted molar refractivity (Wildman–Crippen MR) is 57.6 cm³/mol. The largest absolute Gasteiger partial charge is 0.262 e. The Morgan fingerprint density at radius 3 is 2.69 bits per heavy atom. The van der Waals surface area contributed by atoms with E-state index < -0.39 is 0 Å². The summed E-state index contributed by atoms with van der Waals surface area (Å²) in [5.41, 5.74) is 2.84. The Kier molecular flexibility index (Phi) is 2.96. The van der Waals surface area contributed by atoms with Crippen LogP contribution in [0.2, 0.25) is 0 Å². The second kappa shape index (κ2) is 3.99. The zero-order valence-corrected chi connectivity index (χ0v) is 8.12. The molecule has 0 aliphatic carbocycles. The molecule has 1 aromatic rings. The molecule has 0 spiro atoms. The summed E-state index contributed by atoms with van der Waals surface area (Å²) in [6, 6.07) is 2.00. The Hall–Kier alpha value is -1.44. The van der Waals surface area contributed by atoms with Gasteiger partial charge in [-0.2, -0.15) is 0 Å². The van der Waals surface area contributed by atoms with Crippen LogP contribution in [-0.2, 0) is 0 Å². The van der Waals surface area contributed by atoms with Gasteiger partial charge in [0.2, 0.25) is 0 Å². The number of hydrogen-bond acceptors (Lipinski definition) is 2. The second-order valence-corrected chi connectivity index (χ2v) is 3.18. The molecule has 0 amide bonds. The van der Waals surface area contributed by atoms with Crippen molar-refractivity contribution in [1.29, 1.82) is 0 Å². The van der Waals surface area contributed by atoms with E-state index >= 15 is 0 Å². The van der Waals surface area contributed by atoms with Crippen LogP contribution in [0.4, 0.5) is 5.69 Å². The summed E-state index contributed by atoms with van der Waals surface area (Å²) in [4.78, 5) is 8.13. The third-order valence-corrected chi connectivity index (χ3v) is 1.92. The van der Waals surface area contributed by atoms with Crippen molar-refractivity contribution < 1.29 is 0 Å². The number of pyridine rings is 1. The molecule has 2 heteroatoms. The van der Waals surface area contributed by atoms with E-state index in [4.69, 9.17) is 0 Å². The van der Waals surface area contributed by atoms with Gasteiger partial charge in [0, 0.05) is 11.3 Å². The molecule has 0 N–H and O–H groups in total. The van der Waals surface area contributed by atoms with Crippen molar-refractivity contribution in [2.45, 2.75) is 19.8 Å². The maximum absolute atomic E-state index is 4.28. The smallest absolute Gasteiger partial charge is 0.0877 e. The lowest BCUT2D eigenvalue weighted by molar-refractivity contribution is 0.822. The molecule has 2 nitrogen and oxygen atoms in total. The van der Waals surface area contributed by atoms with Gasteiger partial charge >= 0.3 is 0 Å². The van der Waals surface area contributed by atoms with E-state index in [2.05, 4.69) is 37.1 Å². The molecule has 68 valence electrons. The minimum Gasteiger partial charge on any atom is -0.262 e. The van der Waals surface area contributed by atoms with Gasteiger partial charge in [0.15, 0.2) is 0 Å². The van der Waals surface area contributed by atoms with Gasteiger partial charge in [0.05, 0.1) is 11.9 Å². The van der Waals surface area contributed by atoms with E-state index in [1.807, 2.05) is 6.07 Å². The zero-order chi connectivity index (χ0) is 9.84. The summed E-state index contributed by atoms with van der Waals surface area (Å²) in [5, 5.41) is 0. The average Bonchev–Trinajstić information content (AvgIpc) is 2.16. The fourth-order valence-corrected chi connectivity index (χ4v) is 1.09. The highest BCUT2D eigenvalue weighted by atomic mass is 14.8. The van der Waals surface area contributed by atoms with Crippen LogP contribution in [0.25, 0.3) is 6.08 Å². The Bertz CT molecular complexity index is 327. The molecular formula is C11H14N2. The van der Waals surface area contributed by atoms with Crippen LogP contribution in [0.5, 0.6) is 0 Å². The monoisotopic (exact) mass is 174 g/mol. The highest BCUT2D eigenvalue weighted by molar-refractivity contribution is 5.64. The molecule has 13 heavy (non-hydrogen) atoms. The summed E-state index contributed by atoms with van der Waals surface area (Å²) in [7, 11) is 0. The van der Waals surface area contributed by atoms with Crippen molar-refractivity contribution in [3.8, 4) is 0 Å². The third kappa shape index (κ3) is 2.02. The summed E-state index contributed by atoms with van der Waals surface area (Å²) in [6.07, 6.45) is 3.51. The second-order valence-electron chi connectivity index (χ2n) is 3.18. The minimum absolute atomic E-state index is 0.428. The molecular weight excluding hydrogens is 160 g/mol. The van der Waals surface area contributed by atoms with Crippen molar-refractivity contribution in [1.82, 2.24) is 4.98 Å². The number of hydrogen-bond donors (Lipinski definition) is 0. The molecule has 0 aromatic carbocycles. The van der Waals surface area contributed by atoms with E-state index in [1.165, 1.54) is 0 Å². The molecule has 0 saturated carbocycles. The van der Waals surface area contributed by atoms with Crippen LogP contribution in [0.3, 0.4) is 0 Å². The predicted octanol–water partition coefficient (Wildman–Crippen LogP) is 3.18. The normalized spacial score (nSPS) is 10.1. The van der Waals surface area contributed by atoms with Crippen LogP contribution in [0.15, 0.2) is 23.8 Å². The standard InChI is InChI=1S/C11H14N2/c1-5-9-6-10(8(2)3)13-7-11(9)12-4/h5-8H,1,4H2,2-3H3. The quantitative estimate of drug-likeness (QED) is 0.646. The van der Waals surface area contributed by atoms with Crippen molar-refractivity contribution in [3.63, 3.8) is 0 Å². The van der Waals surface area contributed by atoms with Gasteiger partial charge < -0.3 is 0 Å². The van der Waals surface area contributed by atoms with Gasteiger partial charge in [-0.1, -0.05) is 26.5 Å². The highest BCUT2D eigenvalue weighted by Crippen LogP contribution is 2.22. The number of nitrogens with zero attached hydrogens (tertiary/aromatic N) is 2. The fraction of sp³-hybridized carbons (Fsp3) is 0.273. The molecule has 0 aliphatic heterocycles. The van der Waals surface area contributed by atoms with Crippen molar-refractivity contribution in [2.75, 3.05) is 0 Å². The Morgan fingerprint density at radius 1 is 1.54 bits per heavy atom. The third-order valence-electron chi connectivity index (χ3n) is 1.92. The lowest BCUT2D eigenvalue weighted by atomic mass is 10.1. The van der Waals surface area contributed by atoms with Crippen molar-refractivity contribution >= 4 is 18.5 Å². The molecule has 1 heterocycles. The Labute approximate surface area is 79.0 Å². The maximum atomic E-state index is 4.28. The molecule has 0 atom stereocenters. The molecule has 1 rings (SSSR count). The van der Waals surface area contributed by atoms with Crippen LogP contribution in [0, 0.1) is 0 Å². The van der Waals surface area contributed by atoms with Gasteiger partial charge in [0.25, 0.3) is 0 Å². The molecule has 0 radical (unpaired) electrons. The Morgan fingerprint density at radius 2 is 2.23 bits per heavy atom. The van der Waals surface area contributed by atoms with E-state index in [0.29, 0.717) is 5.92 Å². The highest BCUT2D eigenvalue weighted by Gasteiger charge is 2.03.